The van der Waals surface area contributed by atoms with Crippen LogP contribution in [-0.4, -0.2) is 57.4 Å². The zero-order valence-corrected chi connectivity index (χ0v) is 15.3. The molecule has 1 aliphatic heterocycles. The molecule has 0 saturated carbocycles. The number of carbonyl (C=O) groups excluding carboxylic acids is 1. The Morgan fingerprint density at radius 2 is 2.07 bits per heavy atom. The minimum atomic E-state index is -0.214. The largest absolute Gasteiger partial charge is 0.505 e. The first kappa shape index (κ1) is 17.5. The van der Waals surface area contributed by atoms with E-state index in [1.54, 1.807) is 11.4 Å². The summed E-state index contributed by atoms with van der Waals surface area (Å²) in [7, 11) is 0. The Bertz CT molecular complexity index is 965. The lowest BCUT2D eigenvalue weighted by atomic mass is 10.0. The molecule has 0 amide bonds. The fraction of sp³-hybridized carbons (Fsp3) is 0.350. The molecule has 27 heavy (non-hydrogen) atoms. The summed E-state index contributed by atoms with van der Waals surface area (Å²) in [6.45, 7) is 5.18. The monoisotopic (exact) mass is 366 g/mol. The molecule has 0 radical (unpaired) electrons. The van der Waals surface area contributed by atoms with Crippen molar-refractivity contribution in [2.24, 2.45) is 4.99 Å². The second kappa shape index (κ2) is 7.36. The summed E-state index contributed by atoms with van der Waals surface area (Å²) in [5, 5.41) is 14.8. The molecule has 1 saturated heterocycles. The van der Waals surface area contributed by atoms with Crippen LogP contribution in [0.25, 0.3) is 5.52 Å². The number of hydrogen-bond donors (Lipinski definition) is 1. The average molecular weight is 366 g/mol. The number of aliphatic hydroxyl groups is 1. The molecule has 3 heterocycles. The van der Waals surface area contributed by atoms with E-state index >= 15 is 0 Å². The second-order valence-electron chi connectivity index (χ2n) is 6.75. The number of allylic oxidation sites excluding steroid dienone is 3. The van der Waals surface area contributed by atoms with Crippen LogP contribution in [0, 0.1) is 0 Å². The van der Waals surface area contributed by atoms with Gasteiger partial charge in [-0.25, -0.2) is 9.51 Å². The molecule has 0 atom stereocenters. The van der Waals surface area contributed by atoms with Crippen LogP contribution in [0.1, 0.15) is 19.8 Å². The minimum Gasteiger partial charge on any atom is -0.505 e. The van der Waals surface area contributed by atoms with Crippen molar-refractivity contribution in [3.63, 3.8) is 0 Å². The third-order valence-electron chi connectivity index (χ3n) is 4.92. The highest BCUT2D eigenvalue weighted by Gasteiger charge is 2.20. The van der Waals surface area contributed by atoms with Crippen molar-refractivity contribution >= 4 is 22.7 Å². The van der Waals surface area contributed by atoms with Crippen molar-refractivity contribution in [2.75, 3.05) is 26.2 Å². The van der Waals surface area contributed by atoms with Crippen LogP contribution in [0.15, 0.2) is 52.9 Å². The van der Waals surface area contributed by atoms with Crippen LogP contribution >= 0.6 is 0 Å². The normalized spacial score (nSPS) is 19.6. The first-order valence-corrected chi connectivity index (χ1v) is 9.17. The van der Waals surface area contributed by atoms with E-state index in [4.69, 9.17) is 4.74 Å². The highest BCUT2D eigenvalue weighted by atomic mass is 16.5. The molecule has 2 aliphatic rings. The van der Waals surface area contributed by atoms with Gasteiger partial charge in [0, 0.05) is 18.3 Å². The summed E-state index contributed by atoms with van der Waals surface area (Å²) >= 11 is 0. The third-order valence-corrected chi connectivity index (χ3v) is 4.92. The zero-order valence-electron chi connectivity index (χ0n) is 15.3. The van der Waals surface area contributed by atoms with E-state index < -0.39 is 0 Å². The van der Waals surface area contributed by atoms with Crippen LogP contribution in [0.3, 0.4) is 0 Å². The molecule has 0 aromatic carbocycles. The lowest BCUT2D eigenvalue weighted by molar-refractivity contribution is -0.111. The molecule has 1 N–H and O–H groups in total. The minimum absolute atomic E-state index is 0.110. The van der Waals surface area contributed by atoms with Gasteiger partial charge in [0.2, 0.25) is 0 Å². The summed E-state index contributed by atoms with van der Waals surface area (Å²) in [5.74, 6) is 0.0952. The number of nitrogens with zero attached hydrogens (tertiary/aromatic N) is 4. The van der Waals surface area contributed by atoms with Gasteiger partial charge in [0.05, 0.1) is 5.52 Å². The van der Waals surface area contributed by atoms with Gasteiger partial charge in [-0.15, -0.1) is 5.10 Å². The third kappa shape index (κ3) is 3.50. The first-order chi connectivity index (χ1) is 13.1. The van der Waals surface area contributed by atoms with E-state index in [1.807, 2.05) is 24.4 Å². The predicted molar refractivity (Wildman–Crippen MR) is 103 cm³/mol. The quantitative estimate of drug-likeness (QED) is 0.823. The predicted octanol–water partition coefficient (Wildman–Crippen LogP) is 2.85. The van der Waals surface area contributed by atoms with Gasteiger partial charge in [-0.1, -0.05) is 6.07 Å². The molecular formula is C20H22N4O3. The van der Waals surface area contributed by atoms with Crippen molar-refractivity contribution in [2.45, 2.75) is 19.8 Å². The number of pyridine rings is 1. The number of fused-ring (bicyclic) bond motifs is 1. The van der Waals surface area contributed by atoms with Crippen molar-refractivity contribution in [3.05, 3.63) is 47.9 Å². The van der Waals surface area contributed by atoms with Crippen LogP contribution in [0.5, 0.6) is 5.88 Å². The molecule has 2 aromatic heterocycles. The summed E-state index contributed by atoms with van der Waals surface area (Å²) in [5.41, 5.74) is 1.93. The van der Waals surface area contributed by atoms with Crippen LogP contribution in [0.4, 0.5) is 5.69 Å². The molecule has 4 rings (SSSR count). The lowest BCUT2D eigenvalue weighted by Gasteiger charge is -2.14. The van der Waals surface area contributed by atoms with Crippen molar-refractivity contribution in [1.82, 2.24) is 14.5 Å². The van der Waals surface area contributed by atoms with E-state index in [9.17, 15) is 9.90 Å². The average Bonchev–Trinajstić information content (AvgIpc) is 3.31. The summed E-state index contributed by atoms with van der Waals surface area (Å²) in [6, 6.07) is 5.67. The van der Waals surface area contributed by atoms with Crippen LogP contribution < -0.4 is 4.74 Å². The molecule has 7 heteroatoms. The molecule has 140 valence electrons. The van der Waals surface area contributed by atoms with Gasteiger partial charge in [-0.3, -0.25) is 9.69 Å². The summed E-state index contributed by atoms with van der Waals surface area (Å²) < 4.78 is 7.64. The number of hydrogen-bond acceptors (Lipinski definition) is 6. The SMILES string of the molecule is CC1=C(O)/C(=N/c2c(OCCN3CCCC3)nn3ccccc23)C=CC1=O. The number of ether oxygens (including phenoxy) is 1. The standard InChI is InChI=1S/C20H22N4O3/c1-14-17(25)8-7-15(19(14)26)21-18-16-6-2-3-11-24(16)22-20(18)27-13-12-23-9-4-5-10-23/h2-3,6-8,11,26H,4-5,9-10,12-13H2,1H3/b21-15+. The molecule has 0 bridgehead atoms. The number of aliphatic imine (C=N–C) groups is 1. The number of rotatable bonds is 5. The highest BCUT2D eigenvalue weighted by Crippen LogP contribution is 2.33. The lowest BCUT2D eigenvalue weighted by Crippen LogP contribution is -2.25. The fourth-order valence-corrected chi connectivity index (χ4v) is 3.32. The second-order valence-corrected chi connectivity index (χ2v) is 6.75. The molecular weight excluding hydrogens is 344 g/mol. The number of aliphatic hydroxyl groups excluding tert-OH is 1. The number of likely N-dealkylation sites (tertiary alicyclic amines) is 1. The summed E-state index contributed by atoms with van der Waals surface area (Å²) in [4.78, 5) is 18.6. The van der Waals surface area contributed by atoms with Gasteiger partial charge in [-0.2, -0.15) is 0 Å². The van der Waals surface area contributed by atoms with Gasteiger partial charge in [0.15, 0.2) is 11.5 Å². The topological polar surface area (TPSA) is 79.4 Å². The number of carbonyl (C=O) groups is 1. The van der Waals surface area contributed by atoms with E-state index in [2.05, 4.69) is 15.0 Å². The van der Waals surface area contributed by atoms with Crippen molar-refractivity contribution < 1.29 is 14.6 Å². The molecule has 2 aromatic rings. The van der Waals surface area contributed by atoms with Gasteiger partial charge in [0.1, 0.15) is 18.1 Å². The first-order valence-electron chi connectivity index (χ1n) is 9.17. The van der Waals surface area contributed by atoms with Crippen LogP contribution in [-0.2, 0) is 4.79 Å². The molecule has 1 fully saturated rings. The molecule has 1 aliphatic carbocycles. The van der Waals surface area contributed by atoms with E-state index in [0.29, 0.717) is 23.9 Å². The maximum Gasteiger partial charge on any atom is 0.260 e. The molecule has 7 nitrogen and oxygen atoms in total. The maximum absolute atomic E-state index is 11.7. The number of aromatic nitrogens is 2. The smallest absolute Gasteiger partial charge is 0.260 e. The van der Waals surface area contributed by atoms with E-state index in [1.165, 1.54) is 25.0 Å². The van der Waals surface area contributed by atoms with Crippen molar-refractivity contribution in [1.29, 1.82) is 0 Å². The van der Waals surface area contributed by atoms with E-state index in [0.717, 1.165) is 25.2 Å². The van der Waals surface area contributed by atoms with Gasteiger partial charge < -0.3 is 9.84 Å². The number of ketones is 1. The Kier molecular flexibility index (Phi) is 4.77. The van der Waals surface area contributed by atoms with Crippen LogP contribution in [0.2, 0.25) is 0 Å². The highest BCUT2D eigenvalue weighted by molar-refractivity contribution is 6.21. The molecule has 0 spiro atoms. The maximum atomic E-state index is 11.7. The van der Waals surface area contributed by atoms with Gasteiger partial charge in [0.25, 0.3) is 5.88 Å². The Morgan fingerprint density at radius 1 is 1.26 bits per heavy atom. The van der Waals surface area contributed by atoms with Crippen molar-refractivity contribution in [3.8, 4) is 5.88 Å². The fourth-order valence-electron chi connectivity index (χ4n) is 3.32. The Morgan fingerprint density at radius 3 is 2.89 bits per heavy atom. The Balaban J connectivity index is 1.65. The molecule has 0 unspecified atom stereocenters. The van der Waals surface area contributed by atoms with Gasteiger partial charge in [-0.05, 0) is 57.1 Å². The van der Waals surface area contributed by atoms with E-state index in [-0.39, 0.29) is 17.1 Å². The van der Waals surface area contributed by atoms with Gasteiger partial charge >= 0.3 is 0 Å². The Hall–Kier alpha value is -2.93. The summed E-state index contributed by atoms with van der Waals surface area (Å²) in [6.07, 6.45) is 7.23. The Labute approximate surface area is 157 Å². The zero-order chi connectivity index (χ0) is 18.8.